The second-order valence-corrected chi connectivity index (χ2v) is 9.27. The number of amides is 1. The topological polar surface area (TPSA) is 88.3 Å². The van der Waals surface area contributed by atoms with Crippen LogP contribution in [0.25, 0.3) is 0 Å². The molecule has 29 heavy (non-hydrogen) atoms. The SMILES string of the molecule is COC(=O)c1c(C)[nH]c(C(=O)Nc2cccc(CS(=O)C3CCCCC3)c2)c1C. The van der Waals surface area contributed by atoms with Crippen molar-refractivity contribution >= 4 is 28.4 Å². The zero-order valence-corrected chi connectivity index (χ0v) is 18.0. The maximum Gasteiger partial charge on any atom is 0.339 e. The summed E-state index contributed by atoms with van der Waals surface area (Å²) in [6.45, 7) is 3.45. The molecule has 156 valence electrons. The smallest absolute Gasteiger partial charge is 0.339 e. The third-order valence-corrected chi connectivity index (χ3v) is 7.30. The van der Waals surface area contributed by atoms with Gasteiger partial charge < -0.3 is 15.0 Å². The first-order chi connectivity index (χ1) is 13.9. The molecule has 2 N–H and O–H groups in total. The van der Waals surface area contributed by atoms with Gasteiger partial charge in [-0.1, -0.05) is 31.4 Å². The van der Waals surface area contributed by atoms with Gasteiger partial charge in [0.25, 0.3) is 5.91 Å². The van der Waals surface area contributed by atoms with E-state index < -0.39 is 16.8 Å². The molecule has 1 fully saturated rings. The van der Waals surface area contributed by atoms with Gasteiger partial charge in [-0.2, -0.15) is 0 Å². The first-order valence-corrected chi connectivity index (χ1v) is 11.3. The van der Waals surface area contributed by atoms with Crippen LogP contribution in [0, 0.1) is 13.8 Å². The van der Waals surface area contributed by atoms with E-state index in [1.165, 1.54) is 13.5 Å². The molecule has 1 amide bonds. The summed E-state index contributed by atoms with van der Waals surface area (Å²) in [5.41, 5.74) is 3.45. The number of hydrogen-bond donors (Lipinski definition) is 2. The quantitative estimate of drug-likeness (QED) is 0.689. The Labute approximate surface area is 173 Å². The number of esters is 1. The summed E-state index contributed by atoms with van der Waals surface area (Å²) in [7, 11) is 0.422. The second kappa shape index (κ2) is 9.39. The molecule has 0 radical (unpaired) electrons. The molecule has 1 saturated carbocycles. The van der Waals surface area contributed by atoms with Gasteiger partial charge in [0.15, 0.2) is 0 Å². The van der Waals surface area contributed by atoms with E-state index in [-0.39, 0.29) is 11.2 Å². The molecule has 2 aromatic rings. The molecule has 1 aromatic heterocycles. The molecule has 0 aliphatic heterocycles. The molecule has 1 aliphatic rings. The minimum atomic E-state index is -0.894. The molecular formula is C22H28N2O4S. The Kier molecular flexibility index (Phi) is 6.90. The van der Waals surface area contributed by atoms with Gasteiger partial charge >= 0.3 is 5.97 Å². The van der Waals surface area contributed by atoms with Crippen LogP contribution in [0.5, 0.6) is 0 Å². The predicted octanol–water partition coefficient (Wildman–Crippen LogP) is 4.25. The highest BCUT2D eigenvalue weighted by Crippen LogP contribution is 2.25. The summed E-state index contributed by atoms with van der Waals surface area (Å²) in [4.78, 5) is 27.6. The van der Waals surface area contributed by atoms with E-state index in [0.29, 0.717) is 34.0 Å². The van der Waals surface area contributed by atoms with E-state index in [9.17, 15) is 13.8 Å². The maximum absolute atomic E-state index is 12.7. The number of H-pyrrole nitrogens is 1. The Bertz CT molecular complexity index is 929. The molecule has 0 spiro atoms. The second-order valence-electron chi connectivity index (χ2n) is 7.56. The fraction of sp³-hybridized carbons (Fsp3) is 0.455. The van der Waals surface area contributed by atoms with Crippen LogP contribution in [-0.2, 0) is 21.3 Å². The summed E-state index contributed by atoms with van der Waals surface area (Å²) in [6, 6.07) is 7.47. The van der Waals surface area contributed by atoms with Gasteiger partial charge in [-0.3, -0.25) is 9.00 Å². The first kappa shape index (κ1) is 21.3. The summed E-state index contributed by atoms with van der Waals surface area (Å²) in [5, 5.41) is 3.15. The average Bonchev–Trinajstić information content (AvgIpc) is 3.02. The lowest BCUT2D eigenvalue weighted by atomic mass is 10.0. The van der Waals surface area contributed by atoms with Crippen LogP contribution in [0.3, 0.4) is 0 Å². The monoisotopic (exact) mass is 416 g/mol. The van der Waals surface area contributed by atoms with Gasteiger partial charge in [0.05, 0.1) is 12.7 Å². The van der Waals surface area contributed by atoms with Crippen molar-refractivity contribution in [3.05, 3.63) is 52.3 Å². The molecule has 3 rings (SSSR count). The number of methoxy groups -OCH3 is 1. The van der Waals surface area contributed by atoms with Crippen molar-refractivity contribution in [3.8, 4) is 0 Å². The van der Waals surface area contributed by atoms with Crippen molar-refractivity contribution in [2.24, 2.45) is 0 Å². The number of ether oxygens (including phenoxy) is 1. The first-order valence-electron chi connectivity index (χ1n) is 9.95. The van der Waals surface area contributed by atoms with Crippen LogP contribution >= 0.6 is 0 Å². The van der Waals surface area contributed by atoms with Crippen molar-refractivity contribution in [3.63, 3.8) is 0 Å². The molecule has 1 aliphatic carbocycles. The predicted molar refractivity (Wildman–Crippen MR) is 115 cm³/mol. The van der Waals surface area contributed by atoms with Crippen LogP contribution < -0.4 is 5.32 Å². The van der Waals surface area contributed by atoms with E-state index in [2.05, 4.69) is 10.3 Å². The van der Waals surface area contributed by atoms with Gasteiger partial charge in [-0.05, 0) is 49.9 Å². The van der Waals surface area contributed by atoms with E-state index in [4.69, 9.17) is 4.74 Å². The summed E-state index contributed by atoms with van der Waals surface area (Å²) in [6.07, 6.45) is 5.64. The highest BCUT2D eigenvalue weighted by molar-refractivity contribution is 7.84. The lowest BCUT2D eigenvalue weighted by Gasteiger charge is -2.21. The molecule has 1 atom stereocenters. The van der Waals surface area contributed by atoms with Gasteiger partial charge in [0, 0.05) is 33.2 Å². The molecule has 0 bridgehead atoms. The van der Waals surface area contributed by atoms with Gasteiger partial charge in [0.1, 0.15) is 5.69 Å². The van der Waals surface area contributed by atoms with Crippen molar-refractivity contribution in [1.82, 2.24) is 4.98 Å². The highest BCUT2D eigenvalue weighted by atomic mass is 32.2. The van der Waals surface area contributed by atoms with Gasteiger partial charge in [-0.25, -0.2) is 4.79 Å². The van der Waals surface area contributed by atoms with Crippen molar-refractivity contribution in [2.45, 2.75) is 57.0 Å². The zero-order chi connectivity index (χ0) is 21.0. The number of carbonyl (C=O) groups excluding carboxylic acids is 2. The van der Waals surface area contributed by atoms with Crippen LogP contribution in [0.2, 0.25) is 0 Å². The normalized spacial score (nSPS) is 15.7. The minimum Gasteiger partial charge on any atom is -0.465 e. The Morgan fingerprint density at radius 2 is 1.93 bits per heavy atom. The van der Waals surface area contributed by atoms with E-state index in [0.717, 1.165) is 31.2 Å². The fourth-order valence-electron chi connectivity index (χ4n) is 3.93. The highest BCUT2D eigenvalue weighted by Gasteiger charge is 2.23. The number of rotatable bonds is 6. The number of benzene rings is 1. The van der Waals surface area contributed by atoms with Crippen LogP contribution in [-0.4, -0.2) is 33.4 Å². The summed E-state index contributed by atoms with van der Waals surface area (Å²) >= 11 is 0. The lowest BCUT2D eigenvalue weighted by Crippen LogP contribution is -2.20. The van der Waals surface area contributed by atoms with Crippen molar-refractivity contribution in [2.75, 3.05) is 12.4 Å². The number of nitrogens with one attached hydrogen (secondary N) is 2. The number of aromatic nitrogens is 1. The Hall–Kier alpha value is -2.41. The molecule has 1 unspecified atom stereocenters. The standard InChI is InChI=1S/C22H28N2O4S/c1-14-19(22(26)28-3)15(2)23-20(14)21(25)24-17-9-7-8-16(12-17)13-29(27)18-10-5-4-6-11-18/h7-9,12,18,23H,4-6,10-11,13H2,1-3H3,(H,24,25). The number of aryl methyl sites for hydroxylation is 1. The summed E-state index contributed by atoms with van der Waals surface area (Å²) < 4.78 is 17.5. The number of anilines is 1. The molecule has 6 nitrogen and oxygen atoms in total. The molecule has 1 aromatic carbocycles. The van der Waals surface area contributed by atoms with E-state index >= 15 is 0 Å². The van der Waals surface area contributed by atoms with Crippen LogP contribution in [0.15, 0.2) is 24.3 Å². The van der Waals surface area contributed by atoms with E-state index in [1.54, 1.807) is 19.9 Å². The van der Waals surface area contributed by atoms with Gasteiger partial charge in [-0.15, -0.1) is 0 Å². The third kappa shape index (κ3) is 4.96. The number of carbonyl (C=O) groups is 2. The summed E-state index contributed by atoms with van der Waals surface area (Å²) in [5.74, 6) is -0.296. The minimum absolute atomic E-state index is 0.281. The van der Waals surface area contributed by atoms with Crippen LogP contribution in [0.1, 0.15) is 69.8 Å². The fourth-order valence-corrected chi connectivity index (χ4v) is 5.53. The van der Waals surface area contributed by atoms with Crippen molar-refractivity contribution < 1.29 is 18.5 Å². The Morgan fingerprint density at radius 3 is 2.62 bits per heavy atom. The largest absolute Gasteiger partial charge is 0.465 e. The van der Waals surface area contributed by atoms with Crippen molar-refractivity contribution in [1.29, 1.82) is 0 Å². The molecule has 1 heterocycles. The number of hydrogen-bond acceptors (Lipinski definition) is 4. The molecular weight excluding hydrogens is 388 g/mol. The maximum atomic E-state index is 12.7. The van der Waals surface area contributed by atoms with Crippen LogP contribution in [0.4, 0.5) is 5.69 Å². The van der Waals surface area contributed by atoms with E-state index in [1.807, 2.05) is 18.2 Å². The molecule has 0 saturated heterocycles. The molecule has 7 heteroatoms. The van der Waals surface area contributed by atoms with Gasteiger partial charge in [0.2, 0.25) is 0 Å². The zero-order valence-electron chi connectivity index (χ0n) is 17.2. The third-order valence-electron chi connectivity index (χ3n) is 5.47. The Morgan fingerprint density at radius 1 is 1.21 bits per heavy atom. The Balaban J connectivity index is 1.71. The lowest BCUT2D eigenvalue weighted by molar-refractivity contribution is 0.0599. The average molecular weight is 417 g/mol. The number of aromatic amines is 1.